The van der Waals surface area contributed by atoms with Crippen molar-refractivity contribution in [2.75, 3.05) is 18.0 Å². The number of hydrogen-bond acceptors (Lipinski definition) is 2. The van der Waals surface area contributed by atoms with Crippen molar-refractivity contribution in [3.63, 3.8) is 0 Å². The minimum Gasteiger partial charge on any atom is -0.367 e. The first-order chi connectivity index (χ1) is 9.02. The summed E-state index contributed by atoms with van der Waals surface area (Å²) in [5.41, 5.74) is 0.0450. The van der Waals surface area contributed by atoms with Crippen molar-refractivity contribution in [2.45, 2.75) is 26.7 Å². The highest BCUT2D eigenvalue weighted by Crippen LogP contribution is 2.31. The summed E-state index contributed by atoms with van der Waals surface area (Å²) in [5, 5.41) is 0. The van der Waals surface area contributed by atoms with Crippen LogP contribution in [0, 0.1) is 23.5 Å². The van der Waals surface area contributed by atoms with Crippen LogP contribution in [0.4, 0.5) is 14.5 Å². The molecule has 1 saturated heterocycles. The van der Waals surface area contributed by atoms with Crippen molar-refractivity contribution >= 4 is 12.0 Å². The average molecular weight is 267 g/mol. The number of halogens is 2. The summed E-state index contributed by atoms with van der Waals surface area (Å²) in [6, 6.07) is 2.19. The molecule has 19 heavy (non-hydrogen) atoms. The Morgan fingerprint density at radius 2 is 1.74 bits per heavy atom. The van der Waals surface area contributed by atoms with E-state index in [1.54, 1.807) is 4.90 Å². The fraction of sp³-hybridized carbons (Fsp3) is 0.533. The zero-order chi connectivity index (χ0) is 14.0. The Balaban J connectivity index is 2.18. The summed E-state index contributed by atoms with van der Waals surface area (Å²) >= 11 is 0. The lowest BCUT2D eigenvalue weighted by Gasteiger charge is -2.35. The molecule has 0 aliphatic carbocycles. The number of carbonyl (C=O) groups excluding carboxylic acids is 1. The van der Waals surface area contributed by atoms with Crippen molar-refractivity contribution < 1.29 is 13.6 Å². The Kier molecular flexibility index (Phi) is 4.17. The molecule has 2 nitrogen and oxygen atoms in total. The average Bonchev–Trinajstić information content (AvgIpc) is 2.38. The summed E-state index contributed by atoms with van der Waals surface area (Å²) in [7, 11) is 0. The highest BCUT2D eigenvalue weighted by molar-refractivity contribution is 5.76. The van der Waals surface area contributed by atoms with Crippen LogP contribution in [0.15, 0.2) is 12.1 Å². The van der Waals surface area contributed by atoms with E-state index in [1.807, 2.05) is 0 Å². The van der Waals surface area contributed by atoms with Gasteiger partial charge in [0.15, 0.2) is 0 Å². The van der Waals surface area contributed by atoms with Crippen LogP contribution in [0.3, 0.4) is 0 Å². The van der Waals surface area contributed by atoms with Crippen molar-refractivity contribution in [2.24, 2.45) is 11.8 Å². The largest absolute Gasteiger partial charge is 0.367 e. The Bertz CT molecular complexity index is 442. The van der Waals surface area contributed by atoms with E-state index in [0.717, 1.165) is 25.0 Å². The maximum Gasteiger partial charge on any atom is 0.150 e. The number of hydrogen-bond donors (Lipinski definition) is 0. The zero-order valence-electron chi connectivity index (χ0n) is 11.3. The second-order valence-corrected chi connectivity index (χ2v) is 5.52. The molecule has 0 saturated carbocycles. The number of anilines is 1. The standard InChI is InChI=1S/C15H19F2NO/c1-10(2)12-3-5-18(6-4-12)15-13(16)7-11(9-19)8-14(15)17/h7-10,12H,3-6H2,1-2H3. The molecule has 0 radical (unpaired) electrons. The predicted octanol–water partition coefficient (Wildman–Crippen LogP) is 3.65. The number of benzene rings is 1. The number of piperidine rings is 1. The molecular weight excluding hydrogens is 248 g/mol. The lowest BCUT2D eigenvalue weighted by Crippen LogP contribution is -2.36. The third kappa shape index (κ3) is 2.94. The molecule has 104 valence electrons. The van der Waals surface area contributed by atoms with Gasteiger partial charge in [0.05, 0.1) is 0 Å². The number of rotatable bonds is 3. The van der Waals surface area contributed by atoms with Crippen LogP contribution in [0.1, 0.15) is 37.0 Å². The van der Waals surface area contributed by atoms with Gasteiger partial charge in [-0.1, -0.05) is 13.8 Å². The predicted molar refractivity (Wildman–Crippen MR) is 71.5 cm³/mol. The van der Waals surface area contributed by atoms with Crippen LogP contribution in [-0.4, -0.2) is 19.4 Å². The quantitative estimate of drug-likeness (QED) is 0.779. The van der Waals surface area contributed by atoms with Crippen molar-refractivity contribution in [1.29, 1.82) is 0 Å². The Morgan fingerprint density at radius 3 is 2.16 bits per heavy atom. The van der Waals surface area contributed by atoms with Gasteiger partial charge in [-0.25, -0.2) is 8.78 Å². The van der Waals surface area contributed by atoms with Crippen LogP contribution < -0.4 is 4.90 Å². The molecule has 1 heterocycles. The van der Waals surface area contributed by atoms with Crippen molar-refractivity contribution in [1.82, 2.24) is 0 Å². The van der Waals surface area contributed by atoms with Gasteiger partial charge >= 0.3 is 0 Å². The lowest BCUT2D eigenvalue weighted by molar-refractivity contribution is 0.112. The van der Waals surface area contributed by atoms with E-state index in [9.17, 15) is 13.6 Å². The van der Waals surface area contributed by atoms with Crippen molar-refractivity contribution in [3.8, 4) is 0 Å². The van der Waals surface area contributed by atoms with Crippen molar-refractivity contribution in [3.05, 3.63) is 29.3 Å². The number of aldehydes is 1. The highest BCUT2D eigenvalue weighted by atomic mass is 19.1. The minimum absolute atomic E-state index is 0.00723. The summed E-state index contributed by atoms with van der Waals surface area (Å²) < 4.78 is 27.8. The van der Waals surface area contributed by atoms with Crippen LogP contribution in [-0.2, 0) is 0 Å². The highest BCUT2D eigenvalue weighted by Gasteiger charge is 2.25. The van der Waals surface area contributed by atoms with E-state index in [-0.39, 0.29) is 11.3 Å². The van der Waals surface area contributed by atoms with Gasteiger partial charge in [0.1, 0.15) is 23.6 Å². The molecule has 0 atom stereocenters. The smallest absolute Gasteiger partial charge is 0.150 e. The third-order valence-electron chi connectivity index (χ3n) is 3.97. The molecule has 0 unspecified atom stereocenters. The Hall–Kier alpha value is -1.45. The lowest BCUT2D eigenvalue weighted by atomic mass is 9.86. The topological polar surface area (TPSA) is 20.3 Å². The third-order valence-corrected chi connectivity index (χ3v) is 3.97. The molecule has 0 bridgehead atoms. The van der Waals surface area contributed by atoms with Gasteiger partial charge in [-0.15, -0.1) is 0 Å². The SMILES string of the molecule is CC(C)C1CCN(c2c(F)cc(C=O)cc2F)CC1. The summed E-state index contributed by atoms with van der Waals surface area (Å²) in [5.74, 6) is -0.0684. The van der Waals surface area contributed by atoms with Gasteiger partial charge in [0.2, 0.25) is 0 Å². The molecule has 0 N–H and O–H groups in total. The van der Waals surface area contributed by atoms with E-state index in [0.29, 0.717) is 31.2 Å². The van der Waals surface area contributed by atoms with E-state index in [2.05, 4.69) is 13.8 Å². The second-order valence-electron chi connectivity index (χ2n) is 5.52. The number of nitrogens with zero attached hydrogens (tertiary/aromatic N) is 1. The fourth-order valence-electron chi connectivity index (χ4n) is 2.74. The molecule has 1 fully saturated rings. The van der Waals surface area contributed by atoms with Gasteiger partial charge in [-0.05, 0) is 36.8 Å². The molecule has 2 rings (SSSR count). The first-order valence-corrected chi connectivity index (χ1v) is 6.72. The van der Waals surface area contributed by atoms with Gasteiger partial charge in [0.25, 0.3) is 0 Å². The molecular formula is C15H19F2NO. The van der Waals surface area contributed by atoms with Gasteiger partial charge in [-0.3, -0.25) is 4.79 Å². The summed E-state index contributed by atoms with van der Waals surface area (Å²) in [6.45, 7) is 5.69. The van der Waals surface area contributed by atoms with E-state index >= 15 is 0 Å². The second kappa shape index (κ2) is 5.68. The first kappa shape index (κ1) is 14.0. The molecule has 1 aromatic rings. The fourth-order valence-corrected chi connectivity index (χ4v) is 2.74. The molecule has 0 aromatic heterocycles. The van der Waals surface area contributed by atoms with E-state index < -0.39 is 11.6 Å². The normalized spacial score (nSPS) is 17.0. The molecule has 1 aliphatic rings. The molecule has 0 spiro atoms. The Labute approximate surface area is 112 Å². The van der Waals surface area contributed by atoms with E-state index in [4.69, 9.17) is 0 Å². The maximum atomic E-state index is 13.9. The summed E-state index contributed by atoms with van der Waals surface area (Å²) in [4.78, 5) is 12.3. The molecule has 1 aromatic carbocycles. The molecule has 1 aliphatic heterocycles. The Morgan fingerprint density at radius 1 is 1.21 bits per heavy atom. The number of carbonyl (C=O) groups is 1. The van der Waals surface area contributed by atoms with Gasteiger partial charge < -0.3 is 4.90 Å². The monoisotopic (exact) mass is 267 g/mol. The van der Waals surface area contributed by atoms with Crippen LogP contribution in [0.5, 0.6) is 0 Å². The van der Waals surface area contributed by atoms with Crippen LogP contribution >= 0.6 is 0 Å². The molecule has 4 heteroatoms. The first-order valence-electron chi connectivity index (χ1n) is 6.72. The van der Waals surface area contributed by atoms with E-state index in [1.165, 1.54) is 0 Å². The van der Waals surface area contributed by atoms with Crippen LogP contribution in [0.25, 0.3) is 0 Å². The van der Waals surface area contributed by atoms with Gasteiger partial charge in [0, 0.05) is 18.7 Å². The minimum atomic E-state index is -0.648. The zero-order valence-corrected chi connectivity index (χ0v) is 11.3. The molecule has 0 amide bonds. The summed E-state index contributed by atoms with van der Waals surface area (Å²) in [6.07, 6.45) is 2.36. The van der Waals surface area contributed by atoms with Crippen LogP contribution in [0.2, 0.25) is 0 Å². The van der Waals surface area contributed by atoms with Gasteiger partial charge in [-0.2, -0.15) is 0 Å². The maximum absolute atomic E-state index is 13.9.